The zero-order valence-electron chi connectivity index (χ0n) is 19.3. The van der Waals surface area contributed by atoms with E-state index in [1.165, 1.54) is 0 Å². The molecule has 0 spiro atoms. The van der Waals surface area contributed by atoms with E-state index < -0.39 is 17.6 Å². The first kappa shape index (κ1) is 25.3. The van der Waals surface area contributed by atoms with Crippen LogP contribution < -0.4 is 5.32 Å². The minimum Gasteiger partial charge on any atom is -0.351 e. The lowest BCUT2D eigenvalue weighted by atomic mass is 9.72. The van der Waals surface area contributed by atoms with Crippen molar-refractivity contribution in [2.45, 2.75) is 36.9 Å². The molecular formula is C28H28ClF3N2O. The highest BCUT2D eigenvalue weighted by molar-refractivity contribution is 6.30. The Balaban J connectivity index is 1.51. The number of hydrogen-bond acceptors (Lipinski definition) is 2. The van der Waals surface area contributed by atoms with Crippen molar-refractivity contribution in [3.05, 3.63) is 107 Å². The maximum atomic E-state index is 14.1. The highest BCUT2D eigenvalue weighted by Crippen LogP contribution is 2.38. The van der Waals surface area contributed by atoms with E-state index in [1.54, 1.807) is 59.5 Å². The van der Waals surface area contributed by atoms with Crippen LogP contribution in [-0.2, 0) is 11.8 Å². The number of hydrogen-bond donors (Lipinski definition) is 1. The number of nitrogens with zero attached hydrogens (tertiary/aromatic N) is 1. The molecule has 4 rings (SSSR count). The maximum Gasteiger partial charge on any atom is 0.404 e. The van der Waals surface area contributed by atoms with Gasteiger partial charge in [-0.05, 0) is 61.7 Å². The number of carbonyl (C=O) groups is 1. The summed E-state index contributed by atoms with van der Waals surface area (Å²) in [5, 5.41) is 3.48. The molecule has 3 aromatic rings. The fourth-order valence-corrected chi connectivity index (χ4v) is 5.08. The van der Waals surface area contributed by atoms with Crippen molar-refractivity contribution in [2.75, 3.05) is 19.6 Å². The third-order valence-electron chi connectivity index (χ3n) is 6.91. The third-order valence-corrected chi connectivity index (χ3v) is 7.14. The van der Waals surface area contributed by atoms with Gasteiger partial charge in [-0.25, -0.2) is 0 Å². The molecule has 35 heavy (non-hydrogen) atoms. The van der Waals surface area contributed by atoms with E-state index in [-0.39, 0.29) is 12.3 Å². The van der Waals surface area contributed by atoms with Crippen LogP contribution in [0.3, 0.4) is 0 Å². The molecule has 7 heteroatoms. The van der Waals surface area contributed by atoms with Gasteiger partial charge in [-0.3, -0.25) is 9.69 Å². The van der Waals surface area contributed by atoms with Crippen LogP contribution in [0.5, 0.6) is 0 Å². The molecule has 3 nitrogen and oxygen atoms in total. The van der Waals surface area contributed by atoms with Gasteiger partial charge in [0.05, 0.1) is 0 Å². The molecule has 1 fully saturated rings. The molecule has 0 saturated carbocycles. The number of benzene rings is 3. The molecule has 3 aromatic carbocycles. The Kier molecular flexibility index (Phi) is 7.82. The van der Waals surface area contributed by atoms with Gasteiger partial charge in [-0.15, -0.1) is 0 Å². The summed E-state index contributed by atoms with van der Waals surface area (Å²) in [5.41, 5.74) is 1.70. The van der Waals surface area contributed by atoms with E-state index >= 15 is 0 Å². The molecule has 184 valence electrons. The molecule has 0 radical (unpaired) electrons. The van der Waals surface area contributed by atoms with Crippen LogP contribution in [-0.4, -0.2) is 42.7 Å². The van der Waals surface area contributed by atoms with Crippen molar-refractivity contribution < 1.29 is 18.0 Å². The number of amides is 1. The largest absolute Gasteiger partial charge is 0.404 e. The molecule has 1 amide bonds. The number of rotatable bonds is 7. The smallest absolute Gasteiger partial charge is 0.351 e. The Labute approximate surface area is 208 Å². The van der Waals surface area contributed by atoms with E-state index in [0.717, 1.165) is 5.56 Å². The number of piperidine rings is 1. The summed E-state index contributed by atoms with van der Waals surface area (Å²) in [6.45, 7) is 0.920. The molecule has 1 saturated heterocycles. The topological polar surface area (TPSA) is 32.3 Å². The average Bonchev–Trinajstić information content (AvgIpc) is 2.87. The minimum atomic E-state index is -4.33. The van der Waals surface area contributed by atoms with Crippen molar-refractivity contribution in [1.82, 2.24) is 10.2 Å². The Morgan fingerprint density at radius 2 is 1.57 bits per heavy atom. The molecule has 1 N–H and O–H groups in total. The third kappa shape index (κ3) is 6.24. The average molecular weight is 501 g/mol. The van der Waals surface area contributed by atoms with Crippen molar-refractivity contribution in [3.8, 4) is 0 Å². The first-order valence-corrected chi connectivity index (χ1v) is 12.1. The number of carbonyl (C=O) groups excluding carboxylic acids is 1. The van der Waals surface area contributed by atoms with E-state index in [2.05, 4.69) is 5.32 Å². The molecule has 1 aliphatic heterocycles. The van der Waals surface area contributed by atoms with Crippen LogP contribution in [0.25, 0.3) is 0 Å². The van der Waals surface area contributed by atoms with Gasteiger partial charge in [0, 0.05) is 22.5 Å². The van der Waals surface area contributed by atoms with Crippen LogP contribution in [0.4, 0.5) is 13.2 Å². The summed E-state index contributed by atoms with van der Waals surface area (Å²) in [6, 6.07) is 23.7. The first-order chi connectivity index (χ1) is 16.8. The normalized spacial score (nSPS) is 17.0. The van der Waals surface area contributed by atoms with Crippen molar-refractivity contribution >= 4 is 17.5 Å². The van der Waals surface area contributed by atoms with E-state index in [0.29, 0.717) is 48.6 Å². The number of nitrogens with one attached hydrogen (secondary N) is 1. The van der Waals surface area contributed by atoms with Gasteiger partial charge in [0.25, 0.3) is 5.91 Å². The van der Waals surface area contributed by atoms with Gasteiger partial charge in [-0.1, -0.05) is 78.3 Å². The Hall–Kier alpha value is -2.83. The fraction of sp³-hybridized carbons (Fsp3) is 0.321. The first-order valence-electron chi connectivity index (χ1n) is 11.7. The monoisotopic (exact) mass is 500 g/mol. The lowest BCUT2D eigenvalue weighted by Crippen LogP contribution is -2.55. The lowest BCUT2D eigenvalue weighted by Gasteiger charge is -2.45. The van der Waals surface area contributed by atoms with Crippen molar-refractivity contribution in [3.63, 3.8) is 0 Å². The summed E-state index contributed by atoms with van der Waals surface area (Å²) in [5.74, 6) is -0.248. The van der Waals surface area contributed by atoms with Crippen LogP contribution in [0, 0.1) is 0 Å². The molecule has 1 heterocycles. The standard InChI is InChI=1S/C28H28ClF3N2O/c29-24-13-7-10-22(19-24)26(35)33-20-27(23-11-5-2-6-12-23)14-16-34(17-15-27)25(28(30,31)32)18-21-8-3-1-4-9-21/h1-13,19,25H,14-18,20H2,(H,33,35). The summed E-state index contributed by atoms with van der Waals surface area (Å²) in [6.07, 6.45) is -3.39. The zero-order chi connectivity index (χ0) is 24.9. The molecule has 1 aliphatic rings. The van der Waals surface area contributed by atoms with Gasteiger partial charge in [-0.2, -0.15) is 13.2 Å². The van der Waals surface area contributed by atoms with Gasteiger partial charge < -0.3 is 5.32 Å². The number of halogens is 4. The van der Waals surface area contributed by atoms with Gasteiger partial charge in [0.1, 0.15) is 6.04 Å². The van der Waals surface area contributed by atoms with Crippen molar-refractivity contribution in [1.29, 1.82) is 0 Å². The van der Waals surface area contributed by atoms with Gasteiger partial charge in [0.2, 0.25) is 0 Å². The maximum absolute atomic E-state index is 14.1. The minimum absolute atomic E-state index is 0.0752. The molecular weight excluding hydrogens is 473 g/mol. The SMILES string of the molecule is O=C(NCC1(c2ccccc2)CCN(C(Cc2ccccc2)C(F)(F)F)CC1)c1cccc(Cl)c1. The fourth-order valence-electron chi connectivity index (χ4n) is 4.89. The lowest BCUT2D eigenvalue weighted by molar-refractivity contribution is -0.187. The second kappa shape index (κ2) is 10.8. The highest BCUT2D eigenvalue weighted by atomic mass is 35.5. The number of likely N-dealkylation sites (tertiary alicyclic amines) is 1. The predicted octanol–water partition coefficient (Wildman–Crippen LogP) is 6.28. The summed E-state index contributed by atoms with van der Waals surface area (Å²) >= 11 is 6.02. The molecule has 1 unspecified atom stereocenters. The molecule has 0 aromatic heterocycles. The second-order valence-electron chi connectivity index (χ2n) is 9.12. The van der Waals surface area contributed by atoms with E-state index in [4.69, 9.17) is 11.6 Å². The molecule has 1 atom stereocenters. The van der Waals surface area contributed by atoms with Crippen LogP contribution >= 0.6 is 11.6 Å². The van der Waals surface area contributed by atoms with E-state index in [9.17, 15) is 18.0 Å². The Bertz CT molecular complexity index is 1110. The van der Waals surface area contributed by atoms with Gasteiger partial charge in [0.15, 0.2) is 0 Å². The molecule has 0 aliphatic carbocycles. The van der Waals surface area contributed by atoms with Crippen LogP contribution in [0.15, 0.2) is 84.9 Å². The second-order valence-corrected chi connectivity index (χ2v) is 9.56. The van der Waals surface area contributed by atoms with Crippen molar-refractivity contribution in [2.24, 2.45) is 0 Å². The Morgan fingerprint density at radius 1 is 0.943 bits per heavy atom. The molecule has 0 bridgehead atoms. The predicted molar refractivity (Wildman–Crippen MR) is 133 cm³/mol. The number of alkyl halides is 3. The quantitative estimate of drug-likeness (QED) is 0.414. The highest BCUT2D eigenvalue weighted by Gasteiger charge is 2.46. The summed E-state index contributed by atoms with van der Waals surface area (Å²) in [4.78, 5) is 14.3. The summed E-state index contributed by atoms with van der Waals surface area (Å²) in [7, 11) is 0. The van der Waals surface area contributed by atoms with Crippen LogP contribution in [0.1, 0.15) is 34.3 Å². The van der Waals surface area contributed by atoms with Crippen LogP contribution in [0.2, 0.25) is 5.02 Å². The van der Waals surface area contributed by atoms with Gasteiger partial charge >= 0.3 is 6.18 Å². The zero-order valence-corrected chi connectivity index (χ0v) is 20.0. The Morgan fingerprint density at radius 3 is 2.17 bits per heavy atom. The van der Waals surface area contributed by atoms with E-state index in [1.807, 2.05) is 30.3 Å². The summed E-state index contributed by atoms with van der Waals surface area (Å²) < 4.78 is 42.2.